The molecule has 1 aromatic rings. The van der Waals surface area contributed by atoms with Gasteiger partial charge >= 0.3 is 0 Å². The molecule has 0 fully saturated rings. The monoisotopic (exact) mass is 264 g/mol. The predicted octanol–water partition coefficient (Wildman–Crippen LogP) is 0.887. The molecule has 0 aliphatic heterocycles. The Morgan fingerprint density at radius 2 is 2.25 bits per heavy atom. The van der Waals surface area contributed by atoms with Crippen molar-refractivity contribution in [3.8, 4) is 0 Å². The van der Waals surface area contributed by atoms with E-state index in [9.17, 15) is 9.18 Å². The number of nitrogens with one attached hydrogen (secondary N) is 4. The van der Waals surface area contributed by atoms with Gasteiger partial charge in [-0.1, -0.05) is 11.6 Å². The van der Waals surface area contributed by atoms with Gasteiger partial charge in [-0.05, 0) is 23.8 Å². The summed E-state index contributed by atoms with van der Waals surface area (Å²) in [4.78, 5) is 15.0. The lowest BCUT2D eigenvalue weighted by molar-refractivity contribution is -0.109. The van der Waals surface area contributed by atoms with E-state index in [1.807, 2.05) is 0 Å². The fraction of sp³-hybridized carbons (Fsp3) is 0.125. The number of hydrogen-bond acceptors (Lipinski definition) is 5. The average Bonchev–Trinajstić information content (AvgIpc) is 2.28. The number of benzene rings is 1. The van der Waals surface area contributed by atoms with Gasteiger partial charge in [-0.3, -0.25) is 10.2 Å². The van der Waals surface area contributed by atoms with Crippen LogP contribution in [-0.2, 0) is 11.3 Å². The van der Waals surface area contributed by atoms with Crippen LogP contribution in [0, 0.1) is 5.82 Å². The van der Waals surface area contributed by atoms with E-state index in [1.165, 1.54) is 18.2 Å². The number of carbonyl (C=O) groups excluding carboxylic acids is 1. The van der Waals surface area contributed by atoms with Crippen molar-refractivity contribution in [1.29, 1.82) is 0 Å². The van der Waals surface area contributed by atoms with E-state index in [0.717, 1.165) is 12.1 Å². The van der Waals surface area contributed by atoms with Gasteiger partial charge in [0.05, 0.1) is 0 Å². The first-order valence-corrected chi connectivity index (χ1v) is 5.45. The van der Waals surface area contributed by atoms with Crippen LogP contribution in [0.1, 0.15) is 5.56 Å². The predicted molar refractivity (Wildman–Crippen MR) is 61.3 cm³/mol. The Balaban J connectivity index is 2.26. The highest BCUT2D eigenvalue weighted by atomic mass is 35.5. The van der Waals surface area contributed by atoms with Crippen molar-refractivity contribution in [3.63, 3.8) is 0 Å². The number of carbonyl (C=O) groups is 1. The summed E-state index contributed by atoms with van der Waals surface area (Å²) in [7, 11) is 0. The molecular weight excluding hydrogens is 255 g/mol. The second-order valence-corrected chi connectivity index (χ2v) is 3.68. The highest BCUT2D eigenvalue weighted by Crippen LogP contribution is 2.16. The zero-order valence-electron chi connectivity index (χ0n) is 8.09. The van der Waals surface area contributed by atoms with Crippen LogP contribution in [0.4, 0.5) is 4.39 Å². The smallest absolute Gasteiger partial charge is 0.222 e. The topological polar surface area (TPSA) is 65.2 Å². The summed E-state index contributed by atoms with van der Waals surface area (Å²) in [6, 6.07) is 4.13. The van der Waals surface area contributed by atoms with Gasteiger partial charge in [-0.25, -0.2) is 9.82 Å². The molecule has 0 aliphatic carbocycles. The molecule has 8 heteroatoms. The summed E-state index contributed by atoms with van der Waals surface area (Å²) in [5.41, 5.74) is 5.62. The van der Waals surface area contributed by atoms with E-state index in [-0.39, 0.29) is 5.82 Å². The maximum Gasteiger partial charge on any atom is 0.222 e. The molecule has 16 heavy (non-hydrogen) atoms. The van der Waals surface area contributed by atoms with Crippen molar-refractivity contribution < 1.29 is 9.18 Å². The Kier molecular flexibility index (Phi) is 6.12. The summed E-state index contributed by atoms with van der Waals surface area (Å²) >= 11 is 6.86. The van der Waals surface area contributed by atoms with E-state index in [2.05, 4.69) is 20.5 Å². The van der Waals surface area contributed by atoms with E-state index >= 15 is 0 Å². The molecule has 0 aliphatic rings. The van der Waals surface area contributed by atoms with Crippen LogP contribution < -0.4 is 20.5 Å². The molecule has 1 amide bonds. The number of amides is 1. The fourth-order valence-electron chi connectivity index (χ4n) is 0.925. The fourth-order valence-corrected chi connectivity index (χ4v) is 1.41. The van der Waals surface area contributed by atoms with E-state index in [4.69, 9.17) is 11.6 Å². The van der Waals surface area contributed by atoms with Crippen LogP contribution in [0.3, 0.4) is 0 Å². The van der Waals surface area contributed by atoms with Crippen LogP contribution in [0.25, 0.3) is 0 Å². The molecule has 0 spiro atoms. The first-order valence-electron chi connectivity index (χ1n) is 4.26. The summed E-state index contributed by atoms with van der Waals surface area (Å²) < 4.78 is 12.8. The van der Waals surface area contributed by atoms with Gasteiger partial charge in [0, 0.05) is 23.7 Å². The molecule has 0 bridgehead atoms. The lowest BCUT2D eigenvalue weighted by Gasteiger charge is -2.07. The Morgan fingerprint density at radius 3 is 3.00 bits per heavy atom. The molecule has 1 rings (SSSR count). The second-order valence-electron chi connectivity index (χ2n) is 2.66. The van der Waals surface area contributed by atoms with Gasteiger partial charge in [-0.2, -0.15) is 9.66 Å². The van der Waals surface area contributed by atoms with Crippen LogP contribution in [0.2, 0.25) is 5.02 Å². The number of hydrogen-bond donors (Lipinski definition) is 4. The molecule has 0 heterocycles. The molecule has 0 saturated heterocycles. The third kappa shape index (κ3) is 4.77. The molecular formula is C8H10ClFN4OS. The molecule has 0 unspecified atom stereocenters. The van der Waals surface area contributed by atoms with Crippen molar-refractivity contribution in [2.45, 2.75) is 6.54 Å². The third-order valence-corrected chi connectivity index (χ3v) is 2.41. The Morgan fingerprint density at radius 1 is 1.44 bits per heavy atom. The molecule has 5 nitrogen and oxygen atoms in total. The lowest BCUT2D eigenvalue weighted by Crippen LogP contribution is -2.33. The molecule has 88 valence electrons. The molecule has 0 saturated carbocycles. The van der Waals surface area contributed by atoms with Gasteiger partial charge in [0.25, 0.3) is 0 Å². The molecule has 1 aromatic carbocycles. The quantitative estimate of drug-likeness (QED) is 0.255. The molecule has 0 atom stereocenters. The van der Waals surface area contributed by atoms with Crippen molar-refractivity contribution in [2.75, 3.05) is 0 Å². The first kappa shape index (κ1) is 13.2. The first-order chi connectivity index (χ1) is 7.74. The molecule has 4 N–H and O–H groups in total. The van der Waals surface area contributed by atoms with Crippen LogP contribution in [0.5, 0.6) is 0 Å². The summed E-state index contributed by atoms with van der Waals surface area (Å²) in [5.74, 6) is -0.338. The zero-order chi connectivity index (χ0) is 11.8. The van der Waals surface area contributed by atoms with E-state index in [1.54, 1.807) is 0 Å². The van der Waals surface area contributed by atoms with E-state index in [0.29, 0.717) is 23.5 Å². The van der Waals surface area contributed by atoms with Crippen LogP contribution in [-0.4, -0.2) is 6.41 Å². The lowest BCUT2D eigenvalue weighted by atomic mass is 10.2. The van der Waals surface area contributed by atoms with Gasteiger partial charge in [0.1, 0.15) is 5.82 Å². The summed E-state index contributed by atoms with van der Waals surface area (Å²) in [6.45, 7) is 0.354. The van der Waals surface area contributed by atoms with Gasteiger partial charge in [-0.15, -0.1) is 0 Å². The maximum absolute atomic E-state index is 12.8. The Hall–Kier alpha value is -0.860. The third-order valence-electron chi connectivity index (χ3n) is 1.58. The van der Waals surface area contributed by atoms with Gasteiger partial charge < -0.3 is 0 Å². The summed E-state index contributed by atoms with van der Waals surface area (Å²) in [5, 5.41) is 0.486. The zero-order valence-corrected chi connectivity index (χ0v) is 9.66. The van der Waals surface area contributed by atoms with Crippen molar-refractivity contribution >= 4 is 30.1 Å². The number of rotatable bonds is 7. The van der Waals surface area contributed by atoms with Crippen molar-refractivity contribution in [2.24, 2.45) is 0 Å². The van der Waals surface area contributed by atoms with Crippen LogP contribution >= 0.6 is 23.7 Å². The second kappa shape index (κ2) is 7.42. The average molecular weight is 265 g/mol. The standard InChI is InChI=1S/C8H10ClFN4OS/c9-8-2-1-7(10)3-6(8)4-11-13-16-14-12-5-15/h1-3,5,11,13-14H,4H2,(H,12,15). The van der Waals surface area contributed by atoms with Gasteiger partial charge in [0.2, 0.25) is 6.41 Å². The van der Waals surface area contributed by atoms with Gasteiger partial charge in [0.15, 0.2) is 0 Å². The van der Waals surface area contributed by atoms with E-state index < -0.39 is 0 Å². The number of halogens is 2. The normalized spacial score (nSPS) is 10.1. The highest BCUT2D eigenvalue weighted by molar-refractivity contribution is 7.95. The number of hydrazine groups is 2. The summed E-state index contributed by atoms with van der Waals surface area (Å²) in [6.07, 6.45) is 0.498. The van der Waals surface area contributed by atoms with Crippen LogP contribution in [0.15, 0.2) is 18.2 Å². The SMILES string of the molecule is O=CNNSNNCc1cc(F)ccc1Cl. The Bertz CT molecular complexity index is 355. The minimum absolute atomic E-state index is 0.338. The minimum atomic E-state index is -0.338. The largest absolute Gasteiger partial charge is 0.283 e. The van der Waals surface area contributed by atoms with Crippen molar-refractivity contribution in [1.82, 2.24) is 20.5 Å². The molecule has 0 aromatic heterocycles. The minimum Gasteiger partial charge on any atom is -0.283 e. The maximum atomic E-state index is 12.8. The Labute approximate surface area is 101 Å². The highest BCUT2D eigenvalue weighted by Gasteiger charge is 2.01. The van der Waals surface area contributed by atoms with Crippen molar-refractivity contribution in [3.05, 3.63) is 34.6 Å². The molecule has 0 radical (unpaired) electrons.